The number of fused-ring (bicyclic) bond motifs is 2. The summed E-state index contributed by atoms with van der Waals surface area (Å²) in [4.78, 5) is 16.1. The van der Waals surface area contributed by atoms with Crippen molar-refractivity contribution in [3.05, 3.63) is 40.1 Å². The Morgan fingerprint density at radius 1 is 1.21 bits per heavy atom. The number of hydrogen-bond donors (Lipinski definition) is 1. The Hall–Kier alpha value is -2.48. The van der Waals surface area contributed by atoms with Crippen LogP contribution < -0.4 is 10.2 Å². The number of carbonyl (C=O) groups excluding carboxylic acids is 1. The van der Waals surface area contributed by atoms with Gasteiger partial charge in [0.1, 0.15) is 0 Å². The van der Waals surface area contributed by atoms with Crippen molar-refractivity contribution < 1.29 is 13.6 Å². The molecule has 33 heavy (non-hydrogen) atoms. The molecule has 0 saturated carbocycles. The second kappa shape index (κ2) is 9.79. The van der Waals surface area contributed by atoms with Gasteiger partial charge in [0, 0.05) is 55.5 Å². The van der Waals surface area contributed by atoms with E-state index in [0.717, 1.165) is 67.9 Å². The average molecular weight is 460 g/mol. The summed E-state index contributed by atoms with van der Waals surface area (Å²) in [5, 5.41) is 8.48. The predicted molar refractivity (Wildman–Crippen MR) is 126 cm³/mol. The maximum absolute atomic E-state index is 13.7. The number of alkyl halides is 2. The monoisotopic (exact) mass is 459 g/mol. The second-order valence-electron chi connectivity index (χ2n) is 8.92. The van der Waals surface area contributed by atoms with Crippen molar-refractivity contribution in [3.63, 3.8) is 0 Å². The van der Waals surface area contributed by atoms with Crippen molar-refractivity contribution in [1.82, 2.24) is 20.0 Å². The summed E-state index contributed by atoms with van der Waals surface area (Å²) in [5.74, 6) is 0.888. The maximum atomic E-state index is 13.7. The van der Waals surface area contributed by atoms with Gasteiger partial charge in [0.2, 0.25) is 5.91 Å². The van der Waals surface area contributed by atoms with Crippen molar-refractivity contribution in [3.8, 4) is 0 Å². The minimum absolute atomic E-state index is 0.0570. The molecular formula is C25H35F2N5O. The summed E-state index contributed by atoms with van der Waals surface area (Å²) in [6.45, 7) is 11.2. The lowest BCUT2D eigenvalue weighted by atomic mass is 9.95. The predicted octanol–water partition coefficient (Wildman–Crippen LogP) is 4.68. The van der Waals surface area contributed by atoms with Gasteiger partial charge in [0.25, 0.3) is 6.43 Å². The van der Waals surface area contributed by atoms with Crippen LogP contribution in [0.25, 0.3) is 0 Å². The average Bonchev–Trinajstić information content (AvgIpc) is 3.47. The lowest BCUT2D eigenvalue weighted by molar-refractivity contribution is -0.129. The fourth-order valence-electron chi connectivity index (χ4n) is 5.29. The fourth-order valence-corrected chi connectivity index (χ4v) is 5.29. The molecule has 1 saturated heterocycles. The summed E-state index contributed by atoms with van der Waals surface area (Å²) in [6.07, 6.45) is 1.12. The van der Waals surface area contributed by atoms with E-state index >= 15 is 0 Å². The SMILES string of the molecule is CC.CC(=O)N1CCc2c(c(N3CCCc4cc(C)c(C(F)F)cc43)nn2C2CCNC2)C1. The van der Waals surface area contributed by atoms with Gasteiger partial charge in [-0.1, -0.05) is 19.9 Å². The molecule has 1 N–H and O–H groups in total. The summed E-state index contributed by atoms with van der Waals surface area (Å²) in [5.41, 5.74) is 4.92. The van der Waals surface area contributed by atoms with Crippen molar-refractivity contribution in [2.75, 3.05) is 31.1 Å². The molecule has 1 atom stereocenters. The van der Waals surface area contributed by atoms with E-state index in [1.54, 1.807) is 19.9 Å². The third-order valence-corrected chi connectivity index (χ3v) is 6.97. The Morgan fingerprint density at radius 2 is 2.00 bits per heavy atom. The fraction of sp³-hybridized carbons (Fsp3) is 0.600. The molecule has 1 fully saturated rings. The van der Waals surface area contributed by atoms with Crippen LogP contribution in [0.2, 0.25) is 0 Å². The highest BCUT2D eigenvalue weighted by atomic mass is 19.3. The van der Waals surface area contributed by atoms with Gasteiger partial charge < -0.3 is 15.1 Å². The smallest absolute Gasteiger partial charge is 0.264 e. The Bertz CT molecular complexity index is 1010. The van der Waals surface area contributed by atoms with Crippen LogP contribution in [-0.2, 0) is 24.2 Å². The van der Waals surface area contributed by atoms with Crippen molar-refractivity contribution in [2.24, 2.45) is 0 Å². The van der Waals surface area contributed by atoms with E-state index in [2.05, 4.69) is 14.9 Å². The van der Waals surface area contributed by atoms with E-state index in [9.17, 15) is 13.6 Å². The lowest BCUT2D eigenvalue weighted by Gasteiger charge is -2.33. The topological polar surface area (TPSA) is 53.4 Å². The molecule has 6 nitrogen and oxygen atoms in total. The number of benzene rings is 1. The van der Waals surface area contributed by atoms with E-state index in [-0.39, 0.29) is 11.5 Å². The number of nitrogens with one attached hydrogen (secondary N) is 1. The Balaban J connectivity index is 0.00000126. The number of aryl methyl sites for hydroxylation is 2. The van der Waals surface area contributed by atoms with Crippen molar-refractivity contribution >= 4 is 17.4 Å². The van der Waals surface area contributed by atoms with Crippen LogP contribution in [0, 0.1) is 6.92 Å². The maximum Gasteiger partial charge on any atom is 0.264 e. The van der Waals surface area contributed by atoms with Crippen LogP contribution >= 0.6 is 0 Å². The molecule has 2 aromatic rings. The molecule has 0 radical (unpaired) electrons. The highest BCUT2D eigenvalue weighted by molar-refractivity contribution is 5.75. The molecule has 0 spiro atoms. The van der Waals surface area contributed by atoms with E-state index in [0.29, 0.717) is 24.7 Å². The van der Waals surface area contributed by atoms with E-state index < -0.39 is 6.43 Å². The zero-order valence-corrected chi connectivity index (χ0v) is 20.1. The van der Waals surface area contributed by atoms with E-state index in [4.69, 9.17) is 5.10 Å². The molecule has 0 bridgehead atoms. The normalized spacial score (nSPS) is 19.8. The third-order valence-electron chi connectivity index (χ3n) is 6.97. The summed E-state index contributed by atoms with van der Waals surface area (Å²) < 4.78 is 29.5. The first-order chi connectivity index (χ1) is 15.9. The molecule has 180 valence electrons. The second-order valence-corrected chi connectivity index (χ2v) is 8.92. The number of halogens is 2. The van der Waals surface area contributed by atoms with Crippen molar-refractivity contribution in [2.45, 2.75) is 72.4 Å². The third kappa shape index (κ3) is 4.37. The van der Waals surface area contributed by atoms with E-state index in [1.165, 1.54) is 5.69 Å². The Kier molecular flexibility index (Phi) is 7.02. The molecule has 3 aliphatic rings. The van der Waals surface area contributed by atoms with Crippen LogP contribution in [0.3, 0.4) is 0 Å². The number of nitrogens with zero attached hydrogens (tertiary/aromatic N) is 4. The van der Waals surface area contributed by atoms with Crippen LogP contribution in [0.5, 0.6) is 0 Å². The first kappa shape index (κ1) is 23.7. The van der Waals surface area contributed by atoms with Crippen LogP contribution in [-0.4, -0.2) is 46.8 Å². The molecular weight excluding hydrogens is 424 g/mol. The van der Waals surface area contributed by atoms with Gasteiger partial charge in [-0.2, -0.15) is 5.10 Å². The highest BCUT2D eigenvalue weighted by Crippen LogP contribution is 2.41. The summed E-state index contributed by atoms with van der Waals surface area (Å²) in [7, 11) is 0. The molecule has 5 rings (SSSR count). The Labute approximate surface area is 194 Å². The van der Waals surface area contributed by atoms with Gasteiger partial charge in [0.05, 0.1) is 12.6 Å². The quantitative estimate of drug-likeness (QED) is 0.724. The molecule has 1 aromatic heterocycles. The Morgan fingerprint density at radius 3 is 2.67 bits per heavy atom. The molecule has 3 aliphatic heterocycles. The first-order valence-electron chi connectivity index (χ1n) is 12.2. The van der Waals surface area contributed by atoms with Crippen LogP contribution in [0.1, 0.15) is 74.0 Å². The van der Waals surface area contributed by atoms with Gasteiger partial charge in [-0.25, -0.2) is 8.78 Å². The largest absolute Gasteiger partial charge is 0.338 e. The highest BCUT2D eigenvalue weighted by Gasteiger charge is 2.33. The van der Waals surface area contributed by atoms with Crippen molar-refractivity contribution in [1.29, 1.82) is 0 Å². The van der Waals surface area contributed by atoms with E-state index in [1.807, 2.05) is 24.8 Å². The number of aromatic nitrogens is 2. The van der Waals surface area contributed by atoms with Gasteiger partial charge in [-0.05, 0) is 49.9 Å². The van der Waals surface area contributed by atoms with Crippen LogP contribution in [0.15, 0.2) is 12.1 Å². The summed E-state index contributed by atoms with van der Waals surface area (Å²) >= 11 is 0. The minimum Gasteiger partial charge on any atom is -0.338 e. The lowest BCUT2D eigenvalue weighted by Crippen LogP contribution is -2.35. The van der Waals surface area contributed by atoms with Gasteiger partial charge in [0.15, 0.2) is 5.82 Å². The zero-order valence-electron chi connectivity index (χ0n) is 20.1. The molecule has 8 heteroatoms. The number of hydrogen-bond acceptors (Lipinski definition) is 4. The number of rotatable bonds is 3. The summed E-state index contributed by atoms with van der Waals surface area (Å²) in [6, 6.07) is 3.86. The first-order valence-corrected chi connectivity index (χ1v) is 12.2. The number of amides is 1. The van der Waals surface area contributed by atoms with Gasteiger partial charge in [-0.3, -0.25) is 9.48 Å². The standard InChI is InChI=1S/C23H29F2N5O.C2H6/c1-14-10-16-4-3-8-29(21(16)11-18(14)22(24)25)23-19-13-28(15(2)31)9-6-20(19)30(27-23)17-5-7-26-12-17;1-2/h10-11,17,22,26H,3-9,12-13H2,1-2H3;1-2H3. The molecule has 1 unspecified atom stereocenters. The van der Waals surface area contributed by atoms with Crippen LogP contribution in [0.4, 0.5) is 20.3 Å². The molecule has 1 aromatic carbocycles. The number of anilines is 2. The molecule has 4 heterocycles. The minimum atomic E-state index is -2.50. The van der Waals surface area contributed by atoms with Gasteiger partial charge >= 0.3 is 0 Å². The zero-order chi connectivity index (χ0) is 23.7. The van der Waals surface area contributed by atoms with Gasteiger partial charge in [-0.15, -0.1) is 0 Å². The molecule has 0 aliphatic carbocycles. The molecule has 1 amide bonds. The number of carbonyl (C=O) groups is 1.